The van der Waals surface area contributed by atoms with Gasteiger partial charge in [-0.2, -0.15) is 6.08 Å². The SMILES string of the molecule is CCO[Si](C)(C)CCCC1=[C-]CC=C1.[Cl-].[Cl-].[Ti+3]. The second kappa shape index (κ2) is 12.0. The van der Waals surface area contributed by atoms with Crippen LogP contribution in [0.4, 0.5) is 0 Å². The molecule has 1 radical (unpaired) electrons. The van der Waals surface area contributed by atoms with Gasteiger partial charge >= 0.3 is 21.7 Å². The zero-order chi connectivity index (χ0) is 10.4. The van der Waals surface area contributed by atoms with Crippen LogP contribution in [-0.4, -0.2) is 14.9 Å². The maximum absolute atomic E-state index is 5.79. The van der Waals surface area contributed by atoms with Crippen molar-refractivity contribution in [3.63, 3.8) is 0 Å². The molecule has 97 valence electrons. The fourth-order valence-electron chi connectivity index (χ4n) is 1.79. The number of hydrogen-bond acceptors (Lipinski definition) is 1. The first-order valence-corrected chi connectivity index (χ1v) is 8.66. The van der Waals surface area contributed by atoms with Crippen LogP contribution in [-0.2, 0) is 26.1 Å². The van der Waals surface area contributed by atoms with Crippen LogP contribution in [0, 0.1) is 6.08 Å². The van der Waals surface area contributed by atoms with Crippen molar-refractivity contribution in [3.05, 3.63) is 23.8 Å². The van der Waals surface area contributed by atoms with Crippen LogP contribution >= 0.6 is 0 Å². The van der Waals surface area contributed by atoms with Gasteiger partial charge in [0.25, 0.3) is 0 Å². The van der Waals surface area contributed by atoms with Gasteiger partial charge in [-0.15, -0.1) is 6.42 Å². The summed E-state index contributed by atoms with van der Waals surface area (Å²) in [5.41, 5.74) is 1.39. The minimum Gasteiger partial charge on any atom is -1.00 e. The quantitative estimate of drug-likeness (QED) is 0.394. The average Bonchev–Trinajstić information content (AvgIpc) is 2.56. The van der Waals surface area contributed by atoms with Gasteiger partial charge in [0, 0.05) is 6.61 Å². The van der Waals surface area contributed by atoms with E-state index in [2.05, 4.69) is 38.2 Å². The van der Waals surface area contributed by atoms with Crippen molar-refractivity contribution in [3.8, 4) is 0 Å². The normalized spacial score (nSPS) is 13.2. The van der Waals surface area contributed by atoms with Gasteiger partial charge in [-0.05, 0) is 26.1 Å². The zero-order valence-electron chi connectivity index (χ0n) is 10.9. The Balaban J connectivity index is -0.000000653. The van der Waals surface area contributed by atoms with Gasteiger partial charge in [-0.3, -0.25) is 6.08 Å². The Hall–Kier alpha value is 0.951. The molecule has 0 amide bonds. The molecule has 0 unspecified atom stereocenters. The van der Waals surface area contributed by atoms with E-state index >= 15 is 0 Å². The van der Waals surface area contributed by atoms with Crippen molar-refractivity contribution in [1.82, 2.24) is 0 Å². The van der Waals surface area contributed by atoms with E-state index in [4.69, 9.17) is 4.43 Å². The minimum atomic E-state index is -1.34. The van der Waals surface area contributed by atoms with Crippen LogP contribution in [0.1, 0.15) is 26.2 Å². The van der Waals surface area contributed by atoms with Crippen molar-refractivity contribution in [2.75, 3.05) is 6.61 Å². The number of halogens is 2. The molecule has 0 aromatic rings. The molecule has 0 aromatic heterocycles. The topological polar surface area (TPSA) is 9.23 Å². The van der Waals surface area contributed by atoms with Gasteiger partial charge in [0.1, 0.15) is 0 Å². The van der Waals surface area contributed by atoms with Crippen LogP contribution in [0.2, 0.25) is 19.1 Å². The first kappa shape index (κ1) is 23.1. The fourth-order valence-corrected chi connectivity index (χ4v) is 3.74. The Bertz CT molecular complexity index is 243. The summed E-state index contributed by atoms with van der Waals surface area (Å²) in [5.74, 6) is 0. The maximum Gasteiger partial charge on any atom is 3.00 e. The molecule has 17 heavy (non-hydrogen) atoms. The van der Waals surface area contributed by atoms with Crippen molar-refractivity contribution in [1.29, 1.82) is 0 Å². The fraction of sp³-hybridized carbons (Fsp3) is 0.667. The van der Waals surface area contributed by atoms with E-state index in [-0.39, 0.29) is 46.5 Å². The van der Waals surface area contributed by atoms with E-state index in [0.717, 1.165) is 13.0 Å². The number of rotatable bonds is 6. The van der Waals surface area contributed by atoms with E-state index in [1.165, 1.54) is 24.5 Å². The van der Waals surface area contributed by atoms with Crippen LogP contribution in [0.15, 0.2) is 17.7 Å². The Morgan fingerprint density at radius 3 is 2.47 bits per heavy atom. The number of allylic oxidation sites excluding steroid dienone is 4. The monoisotopic (exact) mass is 327 g/mol. The summed E-state index contributed by atoms with van der Waals surface area (Å²) in [6.07, 6.45) is 11.2. The van der Waals surface area contributed by atoms with Crippen molar-refractivity contribution in [2.45, 2.75) is 45.3 Å². The Morgan fingerprint density at radius 2 is 2.00 bits per heavy atom. The summed E-state index contributed by atoms with van der Waals surface area (Å²) in [6.45, 7) is 7.57. The predicted octanol–water partition coefficient (Wildman–Crippen LogP) is -2.30. The molecule has 0 aliphatic heterocycles. The molecule has 1 nitrogen and oxygen atoms in total. The molecule has 0 heterocycles. The number of hydrogen-bond donors (Lipinski definition) is 0. The molecular formula is C12H21Cl2OSiTi. The van der Waals surface area contributed by atoms with Crippen LogP contribution in [0.25, 0.3) is 0 Å². The maximum atomic E-state index is 5.79. The third-order valence-corrected chi connectivity index (χ3v) is 5.15. The first-order valence-electron chi connectivity index (χ1n) is 5.54. The van der Waals surface area contributed by atoms with E-state index in [9.17, 15) is 0 Å². The minimum absolute atomic E-state index is 0. The summed E-state index contributed by atoms with van der Waals surface area (Å²) < 4.78 is 5.79. The molecule has 5 heteroatoms. The standard InChI is InChI=1S/C12H21OSi.2ClH.Ti/c1-4-13-14(2,3)11-7-10-12-8-5-6-9-12;;;/h5,8H,4,6-7,10-11H2,1-3H3;2*1H;/q-1;;;+3/p-2. The van der Waals surface area contributed by atoms with Gasteiger partial charge in [0.05, 0.1) is 0 Å². The third kappa shape index (κ3) is 10.6. The van der Waals surface area contributed by atoms with Crippen molar-refractivity contribution in [2.24, 2.45) is 0 Å². The average molecular weight is 328 g/mol. The molecular weight excluding hydrogens is 307 g/mol. The summed E-state index contributed by atoms with van der Waals surface area (Å²) in [5, 5.41) is 0. The van der Waals surface area contributed by atoms with E-state index < -0.39 is 8.32 Å². The van der Waals surface area contributed by atoms with Gasteiger partial charge in [-0.1, -0.05) is 12.8 Å². The van der Waals surface area contributed by atoms with Crippen LogP contribution in [0.5, 0.6) is 0 Å². The Morgan fingerprint density at radius 1 is 1.35 bits per heavy atom. The van der Waals surface area contributed by atoms with Crippen LogP contribution < -0.4 is 24.8 Å². The molecule has 0 spiro atoms. The van der Waals surface area contributed by atoms with Gasteiger partial charge < -0.3 is 29.2 Å². The molecule has 1 rings (SSSR count). The first-order chi connectivity index (χ1) is 6.64. The summed E-state index contributed by atoms with van der Waals surface area (Å²) in [7, 11) is -1.34. The van der Waals surface area contributed by atoms with Gasteiger partial charge in [0.2, 0.25) is 0 Å². The van der Waals surface area contributed by atoms with Crippen molar-refractivity contribution < 1.29 is 51.0 Å². The third-order valence-electron chi connectivity index (χ3n) is 2.53. The summed E-state index contributed by atoms with van der Waals surface area (Å²) in [4.78, 5) is 0. The molecule has 0 N–H and O–H groups in total. The zero-order valence-corrected chi connectivity index (χ0v) is 14.9. The molecule has 0 saturated heterocycles. The van der Waals surface area contributed by atoms with E-state index in [0.29, 0.717) is 0 Å². The summed E-state index contributed by atoms with van der Waals surface area (Å²) >= 11 is 0. The Labute approximate surface area is 134 Å². The molecule has 0 fully saturated rings. The van der Waals surface area contributed by atoms with Crippen molar-refractivity contribution >= 4 is 8.32 Å². The molecule has 0 atom stereocenters. The summed E-state index contributed by atoms with van der Waals surface area (Å²) in [6, 6.07) is 1.26. The largest absolute Gasteiger partial charge is 3.00 e. The second-order valence-corrected chi connectivity index (χ2v) is 8.66. The van der Waals surface area contributed by atoms with Crippen LogP contribution in [0.3, 0.4) is 0 Å². The van der Waals surface area contributed by atoms with Gasteiger partial charge in [-0.25, -0.2) is 11.6 Å². The van der Waals surface area contributed by atoms with E-state index in [1.54, 1.807) is 0 Å². The molecule has 0 saturated carbocycles. The second-order valence-electron chi connectivity index (χ2n) is 4.35. The smallest absolute Gasteiger partial charge is 1.00 e. The van der Waals surface area contributed by atoms with E-state index in [1.807, 2.05) is 0 Å². The molecule has 0 aromatic carbocycles. The predicted molar refractivity (Wildman–Crippen MR) is 63.7 cm³/mol. The van der Waals surface area contributed by atoms with Gasteiger partial charge in [0.15, 0.2) is 8.32 Å². The Kier molecular flexibility index (Phi) is 16.3. The molecule has 1 aliphatic rings. The molecule has 0 bridgehead atoms. The molecule has 1 aliphatic carbocycles.